The van der Waals surface area contributed by atoms with Gasteiger partial charge < -0.3 is 15.4 Å². The van der Waals surface area contributed by atoms with E-state index in [-0.39, 0.29) is 12.1 Å². The zero-order valence-electron chi connectivity index (χ0n) is 16.0. The van der Waals surface area contributed by atoms with Gasteiger partial charge in [-0.1, -0.05) is 23.7 Å². The van der Waals surface area contributed by atoms with Crippen molar-refractivity contribution >= 4 is 23.3 Å². The van der Waals surface area contributed by atoms with Crippen molar-refractivity contribution in [2.24, 2.45) is 0 Å². The summed E-state index contributed by atoms with van der Waals surface area (Å²) in [6.45, 7) is 0.961. The first-order valence-electron chi connectivity index (χ1n) is 9.82. The first-order valence-corrected chi connectivity index (χ1v) is 10.2. The van der Waals surface area contributed by atoms with Crippen LogP contribution in [0.15, 0.2) is 48.5 Å². The molecule has 2 heterocycles. The van der Waals surface area contributed by atoms with Crippen molar-refractivity contribution in [1.82, 2.24) is 10.2 Å². The van der Waals surface area contributed by atoms with E-state index in [9.17, 15) is 4.79 Å². The van der Waals surface area contributed by atoms with Gasteiger partial charge in [0, 0.05) is 35.4 Å². The number of nitrogens with one attached hydrogen (secondary N) is 2. The number of urea groups is 1. The summed E-state index contributed by atoms with van der Waals surface area (Å²) < 4.78 is 5.25. The monoisotopic (exact) mass is 399 g/mol. The number of carbonyl (C=O) groups is 1. The summed E-state index contributed by atoms with van der Waals surface area (Å²) in [5.74, 6) is 0.890. The largest absolute Gasteiger partial charge is 0.497 e. The van der Waals surface area contributed by atoms with Crippen LogP contribution in [-0.4, -0.2) is 36.2 Å². The smallest absolute Gasteiger partial charge is 0.319 e. The summed E-state index contributed by atoms with van der Waals surface area (Å²) in [4.78, 5) is 15.0. The van der Waals surface area contributed by atoms with E-state index in [2.05, 4.69) is 27.7 Å². The normalized spacial score (nSPS) is 24.0. The van der Waals surface area contributed by atoms with Gasteiger partial charge in [-0.2, -0.15) is 0 Å². The lowest BCUT2D eigenvalue weighted by atomic mass is 9.96. The zero-order chi connectivity index (χ0) is 19.5. The van der Waals surface area contributed by atoms with Gasteiger partial charge in [-0.25, -0.2) is 4.79 Å². The Morgan fingerprint density at radius 2 is 1.71 bits per heavy atom. The molecular weight excluding hydrogens is 374 g/mol. The van der Waals surface area contributed by atoms with Gasteiger partial charge in [0.15, 0.2) is 0 Å². The van der Waals surface area contributed by atoms with E-state index in [1.165, 1.54) is 18.4 Å². The van der Waals surface area contributed by atoms with Gasteiger partial charge in [-0.05, 0) is 67.6 Å². The van der Waals surface area contributed by atoms with Gasteiger partial charge in [-0.3, -0.25) is 4.90 Å². The van der Waals surface area contributed by atoms with Crippen molar-refractivity contribution in [1.29, 1.82) is 0 Å². The summed E-state index contributed by atoms with van der Waals surface area (Å²) in [6, 6.07) is 16.6. The molecule has 2 amide bonds. The number of carbonyl (C=O) groups excluding carboxylic acids is 1. The lowest BCUT2D eigenvalue weighted by Crippen LogP contribution is -2.50. The number of benzene rings is 2. The van der Waals surface area contributed by atoms with Gasteiger partial charge in [0.2, 0.25) is 0 Å². The SMILES string of the molecule is COc1ccc(CN2[C@@H]3CC[C@H]2CC(NC(=O)Nc2ccc(Cl)cc2)C3)cc1. The fraction of sp³-hybridized carbons (Fsp3) is 0.409. The second-order valence-corrected chi connectivity index (χ2v) is 8.12. The number of methoxy groups -OCH3 is 1. The summed E-state index contributed by atoms with van der Waals surface area (Å²) in [5, 5.41) is 6.71. The first-order chi connectivity index (χ1) is 13.6. The number of rotatable bonds is 5. The van der Waals surface area contributed by atoms with E-state index in [1.807, 2.05) is 24.3 Å². The number of halogens is 1. The van der Waals surface area contributed by atoms with Crippen LogP contribution in [0.1, 0.15) is 31.2 Å². The molecule has 0 spiro atoms. The summed E-state index contributed by atoms with van der Waals surface area (Å²) in [7, 11) is 1.69. The van der Waals surface area contributed by atoms with E-state index in [1.54, 1.807) is 19.2 Å². The molecule has 2 aliphatic rings. The first kappa shape index (κ1) is 19.1. The van der Waals surface area contributed by atoms with E-state index in [0.717, 1.165) is 30.8 Å². The maximum Gasteiger partial charge on any atom is 0.319 e. The summed E-state index contributed by atoms with van der Waals surface area (Å²) in [6.07, 6.45) is 4.41. The lowest BCUT2D eigenvalue weighted by Gasteiger charge is -2.39. The molecule has 2 aromatic rings. The van der Waals surface area contributed by atoms with Crippen molar-refractivity contribution in [2.75, 3.05) is 12.4 Å². The molecule has 0 aliphatic carbocycles. The molecule has 2 aromatic carbocycles. The predicted octanol–water partition coefficient (Wildman–Crippen LogP) is 4.67. The fourth-order valence-electron chi connectivity index (χ4n) is 4.48. The second-order valence-electron chi connectivity index (χ2n) is 7.68. The highest BCUT2D eigenvalue weighted by Gasteiger charge is 2.40. The van der Waals surface area contributed by atoms with Crippen molar-refractivity contribution < 1.29 is 9.53 Å². The molecule has 2 bridgehead atoms. The Hall–Kier alpha value is -2.24. The number of ether oxygens (including phenoxy) is 1. The highest BCUT2D eigenvalue weighted by molar-refractivity contribution is 6.30. The van der Waals surface area contributed by atoms with Crippen molar-refractivity contribution in [3.63, 3.8) is 0 Å². The Bertz CT molecular complexity index is 796. The number of anilines is 1. The number of hydrogen-bond acceptors (Lipinski definition) is 3. The van der Waals surface area contributed by atoms with Gasteiger partial charge in [0.1, 0.15) is 5.75 Å². The van der Waals surface area contributed by atoms with Crippen molar-refractivity contribution in [2.45, 2.75) is 50.4 Å². The average Bonchev–Trinajstić information content (AvgIpc) is 2.92. The quantitative estimate of drug-likeness (QED) is 0.768. The third-order valence-corrected chi connectivity index (χ3v) is 6.10. The molecule has 0 saturated carbocycles. The summed E-state index contributed by atoms with van der Waals surface area (Å²) in [5.41, 5.74) is 2.06. The molecule has 5 nitrogen and oxygen atoms in total. The van der Waals surface area contributed by atoms with E-state index >= 15 is 0 Å². The van der Waals surface area contributed by atoms with E-state index in [4.69, 9.17) is 16.3 Å². The van der Waals surface area contributed by atoms with Crippen molar-refractivity contribution in [3.05, 3.63) is 59.1 Å². The Kier molecular flexibility index (Phi) is 5.74. The molecular formula is C22H26ClN3O2. The molecule has 2 N–H and O–H groups in total. The third kappa shape index (κ3) is 4.42. The maximum absolute atomic E-state index is 12.4. The fourth-order valence-corrected chi connectivity index (χ4v) is 4.60. The Morgan fingerprint density at radius 1 is 1.07 bits per heavy atom. The molecule has 4 rings (SSSR count). The Labute approximate surface area is 171 Å². The Morgan fingerprint density at radius 3 is 2.32 bits per heavy atom. The van der Waals surface area contributed by atoms with Crippen LogP contribution >= 0.6 is 11.6 Å². The number of hydrogen-bond donors (Lipinski definition) is 2. The minimum Gasteiger partial charge on any atom is -0.497 e. The molecule has 1 unspecified atom stereocenters. The van der Waals surface area contributed by atoms with Gasteiger partial charge >= 0.3 is 6.03 Å². The van der Waals surface area contributed by atoms with Crippen molar-refractivity contribution in [3.8, 4) is 5.75 Å². The van der Waals surface area contributed by atoms with Crippen LogP contribution in [0.4, 0.5) is 10.5 Å². The number of fused-ring (bicyclic) bond motifs is 2. The van der Waals surface area contributed by atoms with Crippen LogP contribution in [0.2, 0.25) is 5.02 Å². The molecule has 0 aromatic heterocycles. The summed E-state index contributed by atoms with van der Waals surface area (Å²) >= 11 is 5.89. The minimum atomic E-state index is -0.143. The Balaban J connectivity index is 1.31. The molecule has 148 valence electrons. The van der Waals surface area contributed by atoms with Gasteiger partial charge in [-0.15, -0.1) is 0 Å². The van der Waals surface area contributed by atoms with E-state index < -0.39 is 0 Å². The molecule has 2 saturated heterocycles. The highest BCUT2D eigenvalue weighted by atomic mass is 35.5. The lowest BCUT2D eigenvalue weighted by molar-refractivity contribution is 0.112. The zero-order valence-corrected chi connectivity index (χ0v) is 16.8. The molecule has 3 atom stereocenters. The number of nitrogens with zero attached hydrogens (tertiary/aromatic N) is 1. The van der Waals surface area contributed by atoms with Crippen LogP contribution in [0.5, 0.6) is 5.75 Å². The topological polar surface area (TPSA) is 53.6 Å². The van der Waals surface area contributed by atoms with Gasteiger partial charge in [0.25, 0.3) is 0 Å². The molecule has 2 fully saturated rings. The van der Waals surface area contributed by atoms with Crippen LogP contribution in [0.25, 0.3) is 0 Å². The highest BCUT2D eigenvalue weighted by Crippen LogP contribution is 2.37. The average molecular weight is 400 g/mol. The third-order valence-electron chi connectivity index (χ3n) is 5.85. The van der Waals surface area contributed by atoms with Crippen LogP contribution in [0, 0.1) is 0 Å². The minimum absolute atomic E-state index is 0.143. The van der Waals surface area contributed by atoms with Crippen LogP contribution in [0.3, 0.4) is 0 Å². The van der Waals surface area contributed by atoms with E-state index in [0.29, 0.717) is 17.1 Å². The van der Waals surface area contributed by atoms with Crippen LogP contribution < -0.4 is 15.4 Å². The molecule has 0 radical (unpaired) electrons. The van der Waals surface area contributed by atoms with Gasteiger partial charge in [0.05, 0.1) is 7.11 Å². The predicted molar refractivity (Wildman–Crippen MR) is 112 cm³/mol. The standard InChI is InChI=1S/C22H26ClN3O2/c1-28-21-10-2-15(3-11-21)14-26-19-8-9-20(26)13-18(12-19)25-22(27)24-17-6-4-16(23)5-7-17/h2-7,10-11,18-20H,8-9,12-14H2,1H3,(H2,24,25,27)/t18?,19-,20+. The molecule has 2 aliphatic heterocycles. The molecule has 6 heteroatoms. The number of piperidine rings is 1. The second kappa shape index (κ2) is 8.41. The molecule has 28 heavy (non-hydrogen) atoms. The maximum atomic E-state index is 12.4. The van der Waals surface area contributed by atoms with Crippen LogP contribution in [-0.2, 0) is 6.54 Å². The number of amides is 2.